The molecule has 0 spiro atoms. The van der Waals surface area contributed by atoms with Crippen LogP contribution in [0.4, 0.5) is 0 Å². The minimum Gasteiger partial charge on any atom is -0.263 e. The molecule has 0 unspecified atom stereocenters. The maximum atomic E-state index is 3.44. The molecule has 0 atom stereocenters. The molecule has 2 aliphatic rings. The third kappa shape index (κ3) is 11.3. The van der Waals surface area contributed by atoms with E-state index in [9.17, 15) is 0 Å². The van der Waals surface area contributed by atoms with E-state index in [-0.39, 0.29) is 45.6 Å². The first-order valence-corrected chi connectivity index (χ1v) is 11.5. The van der Waals surface area contributed by atoms with Crippen LogP contribution < -0.4 is 0 Å². The standard InChI is InChI=1S/2C10H15.2C6H6.2Cr/c2*1-7-6-10(4,5)9(3)8(7)2;2*1-2-4-6-5-3-1;;/h2*1-5H3;2*1-6H;;/q2*-1;;;;+2. The summed E-state index contributed by atoms with van der Waals surface area (Å²) in [5.41, 5.74) is 8.79. The normalized spacial score (nSPS) is 16.6. The van der Waals surface area contributed by atoms with Gasteiger partial charge in [-0.3, -0.25) is 12.2 Å². The molecule has 2 aromatic carbocycles. The largest absolute Gasteiger partial charge is 2.00 e. The van der Waals surface area contributed by atoms with E-state index in [0.29, 0.717) is 0 Å². The molecule has 4 rings (SSSR count). The zero-order valence-corrected chi connectivity index (χ0v) is 25.3. The van der Waals surface area contributed by atoms with Gasteiger partial charge in [-0.2, -0.15) is 22.3 Å². The summed E-state index contributed by atoms with van der Waals surface area (Å²) in [4.78, 5) is 0. The van der Waals surface area contributed by atoms with Gasteiger partial charge in [0, 0.05) is 17.4 Å². The summed E-state index contributed by atoms with van der Waals surface area (Å²) >= 11 is 0. The SMILES string of the molecule is CC1=[C-]C(C)(C)C(C)=C1C.CC1=[C-]C(C)(C)C(C)=C1C.[Cr+2].[Cr].c1ccccc1.c1ccccc1. The molecule has 0 nitrogen and oxygen atoms in total. The van der Waals surface area contributed by atoms with Crippen LogP contribution >= 0.6 is 0 Å². The minimum atomic E-state index is 0. The molecule has 0 aromatic heterocycles. The van der Waals surface area contributed by atoms with Crippen molar-refractivity contribution in [1.82, 2.24) is 0 Å². The van der Waals surface area contributed by atoms with Crippen LogP contribution in [0.2, 0.25) is 0 Å². The Morgan fingerprint density at radius 3 is 0.676 bits per heavy atom. The molecule has 182 valence electrons. The van der Waals surface area contributed by atoms with Crippen molar-refractivity contribution < 1.29 is 34.7 Å². The number of rotatable bonds is 0. The number of hydrogen-bond acceptors (Lipinski definition) is 0. The summed E-state index contributed by atoms with van der Waals surface area (Å²) in [6, 6.07) is 24.0. The Bertz CT molecular complexity index is 822. The molecule has 2 aliphatic carbocycles. The maximum Gasteiger partial charge on any atom is 2.00 e. The maximum absolute atomic E-state index is 3.44. The van der Waals surface area contributed by atoms with Crippen LogP contribution in [-0.2, 0) is 34.7 Å². The minimum absolute atomic E-state index is 0. The molecule has 0 fully saturated rings. The predicted molar refractivity (Wildman–Crippen MR) is 142 cm³/mol. The van der Waals surface area contributed by atoms with E-state index in [4.69, 9.17) is 0 Å². The molecule has 0 saturated carbocycles. The summed E-state index contributed by atoms with van der Waals surface area (Å²) in [6.45, 7) is 21.8. The van der Waals surface area contributed by atoms with E-state index in [1.54, 1.807) is 0 Å². The quantitative estimate of drug-likeness (QED) is 0.298. The van der Waals surface area contributed by atoms with Crippen LogP contribution in [0.5, 0.6) is 0 Å². The van der Waals surface area contributed by atoms with Crippen molar-refractivity contribution in [2.75, 3.05) is 0 Å². The number of allylic oxidation sites excluding steroid dienone is 8. The van der Waals surface area contributed by atoms with E-state index in [1.165, 1.54) is 33.4 Å². The summed E-state index contributed by atoms with van der Waals surface area (Å²) in [5, 5.41) is 0. The Kier molecular flexibility index (Phi) is 16.5. The molecule has 0 bridgehead atoms. The number of benzene rings is 2. The van der Waals surface area contributed by atoms with Crippen molar-refractivity contribution >= 4 is 0 Å². The van der Waals surface area contributed by atoms with E-state index in [2.05, 4.69) is 81.4 Å². The molecule has 0 saturated heterocycles. The van der Waals surface area contributed by atoms with Crippen molar-refractivity contribution in [2.24, 2.45) is 10.8 Å². The van der Waals surface area contributed by atoms with Gasteiger partial charge in [-0.05, 0) is 0 Å². The molecule has 0 radical (unpaired) electrons. The smallest absolute Gasteiger partial charge is 0.263 e. The monoisotopic (exact) mass is 530 g/mol. The second-order valence-corrected chi connectivity index (χ2v) is 9.56. The third-order valence-electron chi connectivity index (χ3n) is 6.46. The van der Waals surface area contributed by atoms with Crippen LogP contribution in [0, 0.1) is 23.0 Å². The van der Waals surface area contributed by atoms with Gasteiger partial charge in [0.1, 0.15) is 0 Å². The fraction of sp³-hybridized carbons (Fsp3) is 0.375. The molecule has 0 N–H and O–H groups in total. The summed E-state index contributed by atoms with van der Waals surface area (Å²) in [7, 11) is 0. The van der Waals surface area contributed by atoms with Crippen molar-refractivity contribution in [3.05, 3.63) is 118 Å². The van der Waals surface area contributed by atoms with Crippen LogP contribution in [0.25, 0.3) is 0 Å². The fourth-order valence-electron chi connectivity index (χ4n) is 3.58. The molecule has 34 heavy (non-hydrogen) atoms. The van der Waals surface area contributed by atoms with Gasteiger partial charge in [-0.1, -0.05) is 139 Å². The second-order valence-electron chi connectivity index (χ2n) is 9.56. The van der Waals surface area contributed by atoms with E-state index in [0.717, 1.165) is 0 Å². The summed E-state index contributed by atoms with van der Waals surface area (Å²) < 4.78 is 0. The number of hydrogen-bond donors (Lipinski definition) is 0. The molecule has 0 heterocycles. The Hall–Kier alpha value is -1.54. The molecule has 2 aromatic rings. The van der Waals surface area contributed by atoms with Crippen LogP contribution in [0.15, 0.2) is 106 Å². The van der Waals surface area contributed by atoms with Gasteiger partial charge in [-0.25, -0.2) is 11.1 Å². The zero-order chi connectivity index (χ0) is 24.4. The summed E-state index contributed by atoms with van der Waals surface area (Å²) in [6.07, 6.45) is 6.87. The average molecular weight is 531 g/mol. The first-order chi connectivity index (χ1) is 14.9. The van der Waals surface area contributed by atoms with Crippen LogP contribution in [0.3, 0.4) is 0 Å². The Morgan fingerprint density at radius 1 is 0.441 bits per heavy atom. The van der Waals surface area contributed by atoms with Gasteiger partial charge in [0.05, 0.1) is 0 Å². The van der Waals surface area contributed by atoms with Gasteiger partial charge in [0.2, 0.25) is 0 Å². The topological polar surface area (TPSA) is 0 Å². The first-order valence-electron chi connectivity index (χ1n) is 11.5. The second kappa shape index (κ2) is 16.2. The molecular weight excluding hydrogens is 488 g/mol. The van der Waals surface area contributed by atoms with Crippen LogP contribution in [0.1, 0.15) is 69.2 Å². The predicted octanol–water partition coefficient (Wildman–Crippen LogP) is 9.59. The first kappa shape index (κ1) is 34.6. The fourth-order valence-corrected chi connectivity index (χ4v) is 3.58. The average Bonchev–Trinajstić information content (AvgIpc) is 3.08. The van der Waals surface area contributed by atoms with E-state index in [1.807, 2.05) is 72.8 Å². The van der Waals surface area contributed by atoms with Crippen molar-refractivity contribution in [3.63, 3.8) is 0 Å². The summed E-state index contributed by atoms with van der Waals surface area (Å²) in [5.74, 6) is 0. The molecule has 0 aliphatic heterocycles. The molecule has 0 amide bonds. The van der Waals surface area contributed by atoms with Gasteiger partial charge in [0.25, 0.3) is 0 Å². The Labute approximate surface area is 232 Å². The molecule has 2 heteroatoms. The van der Waals surface area contributed by atoms with E-state index >= 15 is 0 Å². The Balaban J connectivity index is 0. The van der Waals surface area contributed by atoms with Gasteiger partial charge in [-0.15, -0.1) is 13.8 Å². The third-order valence-corrected chi connectivity index (χ3v) is 6.46. The van der Waals surface area contributed by atoms with Crippen molar-refractivity contribution in [2.45, 2.75) is 69.2 Å². The van der Waals surface area contributed by atoms with Crippen molar-refractivity contribution in [1.29, 1.82) is 0 Å². The zero-order valence-electron chi connectivity index (χ0n) is 22.7. The Morgan fingerprint density at radius 2 is 0.618 bits per heavy atom. The van der Waals surface area contributed by atoms with Gasteiger partial charge < -0.3 is 0 Å². The molecular formula is C32H42Cr2. The van der Waals surface area contributed by atoms with Gasteiger partial charge >= 0.3 is 17.4 Å². The van der Waals surface area contributed by atoms with Gasteiger partial charge in [0.15, 0.2) is 0 Å². The van der Waals surface area contributed by atoms with Crippen LogP contribution in [-0.4, -0.2) is 0 Å². The van der Waals surface area contributed by atoms with E-state index < -0.39 is 0 Å². The van der Waals surface area contributed by atoms with Crippen molar-refractivity contribution in [3.8, 4) is 0 Å².